The minimum Gasteiger partial charge on any atom is -0.399 e. The number of hydrogen-bond acceptors (Lipinski definition) is 6. The molecule has 2 heterocycles. The van der Waals surface area contributed by atoms with Crippen molar-refractivity contribution >= 4 is 29.5 Å². The zero-order chi connectivity index (χ0) is 19.1. The van der Waals surface area contributed by atoms with Crippen molar-refractivity contribution in [3.8, 4) is 0 Å². The van der Waals surface area contributed by atoms with Crippen molar-refractivity contribution in [3.63, 3.8) is 0 Å². The number of nitrogens with zero attached hydrogens (tertiary/aromatic N) is 4. The minimum atomic E-state index is -0.225. The summed E-state index contributed by atoms with van der Waals surface area (Å²) in [5.74, 6) is 1.49. The third-order valence-corrected chi connectivity index (χ3v) is 4.69. The van der Waals surface area contributed by atoms with Crippen molar-refractivity contribution in [1.29, 1.82) is 0 Å². The lowest BCUT2D eigenvalue weighted by molar-refractivity contribution is 0.0934. The first kappa shape index (κ1) is 18.9. The fraction of sp³-hybridized carbons (Fsp3) is 0.263. The third-order valence-electron chi connectivity index (χ3n) is 4.05. The van der Waals surface area contributed by atoms with Gasteiger partial charge in [0.15, 0.2) is 11.5 Å². The first-order chi connectivity index (χ1) is 13.2. The number of fused-ring (bicyclic) bond motifs is 1. The molecule has 0 fully saturated rings. The van der Waals surface area contributed by atoms with Crippen LogP contribution in [-0.4, -0.2) is 45.8 Å². The molecule has 0 bridgehead atoms. The van der Waals surface area contributed by atoms with Crippen LogP contribution in [0.4, 0.5) is 0 Å². The summed E-state index contributed by atoms with van der Waals surface area (Å²) in [6.07, 6.45) is 6.31. The Hall–Kier alpha value is -2.87. The number of nitrogens with one attached hydrogen (secondary N) is 1. The fourth-order valence-corrected chi connectivity index (χ4v) is 3.15. The predicted molar refractivity (Wildman–Crippen MR) is 107 cm³/mol. The SMILES string of the molecule is CO/N=C/c1ccc(C(=O)NC(CCSC)c2nnc3ccccn23)cc1. The number of oxime groups is 1. The second kappa shape index (κ2) is 9.18. The Labute approximate surface area is 161 Å². The van der Waals surface area contributed by atoms with E-state index in [0.29, 0.717) is 5.56 Å². The molecular weight excluding hydrogens is 362 g/mol. The Morgan fingerprint density at radius 1 is 1.30 bits per heavy atom. The molecule has 3 rings (SSSR count). The van der Waals surface area contributed by atoms with Crippen LogP contribution in [0.2, 0.25) is 0 Å². The van der Waals surface area contributed by atoms with Crippen LogP contribution in [0.15, 0.2) is 53.8 Å². The van der Waals surface area contributed by atoms with Crippen LogP contribution < -0.4 is 5.32 Å². The van der Waals surface area contributed by atoms with E-state index in [4.69, 9.17) is 0 Å². The monoisotopic (exact) mass is 383 g/mol. The highest BCUT2D eigenvalue weighted by Gasteiger charge is 2.20. The van der Waals surface area contributed by atoms with E-state index in [2.05, 4.69) is 25.5 Å². The van der Waals surface area contributed by atoms with E-state index in [9.17, 15) is 4.79 Å². The summed E-state index contributed by atoms with van der Waals surface area (Å²) in [4.78, 5) is 17.4. The maximum Gasteiger partial charge on any atom is 0.251 e. The second-order valence-corrected chi connectivity index (χ2v) is 6.82. The van der Waals surface area contributed by atoms with Crippen molar-refractivity contribution in [2.24, 2.45) is 5.16 Å². The highest BCUT2D eigenvalue weighted by Crippen LogP contribution is 2.19. The van der Waals surface area contributed by atoms with Gasteiger partial charge in [0, 0.05) is 11.8 Å². The molecular formula is C19H21N5O2S. The van der Waals surface area contributed by atoms with E-state index in [-0.39, 0.29) is 11.9 Å². The van der Waals surface area contributed by atoms with Gasteiger partial charge in [-0.2, -0.15) is 11.8 Å². The highest BCUT2D eigenvalue weighted by molar-refractivity contribution is 7.98. The molecule has 0 aliphatic carbocycles. The standard InChI is InChI=1S/C19H21N5O2S/c1-26-20-13-14-6-8-15(9-7-14)19(25)21-16(10-12-27-2)18-23-22-17-5-3-4-11-24(17)18/h3-9,11,13,16H,10,12H2,1-2H3,(H,21,25)/b20-13+. The quantitative estimate of drug-likeness (QED) is 0.478. The number of amides is 1. The maximum atomic E-state index is 12.7. The summed E-state index contributed by atoms with van der Waals surface area (Å²) < 4.78 is 1.91. The Bertz CT molecular complexity index is 923. The molecule has 1 unspecified atom stereocenters. The van der Waals surface area contributed by atoms with Crippen LogP contribution >= 0.6 is 11.8 Å². The van der Waals surface area contributed by atoms with E-state index in [1.807, 2.05) is 47.2 Å². The molecule has 0 saturated heterocycles. The van der Waals surface area contributed by atoms with E-state index < -0.39 is 0 Å². The average molecular weight is 383 g/mol. The Morgan fingerprint density at radius 3 is 2.85 bits per heavy atom. The van der Waals surface area contributed by atoms with Gasteiger partial charge >= 0.3 is 0 Å². The molecule has 0 spiro atoms. The highest BCUT2D eigenvalue weighted by atomic mass is 32.2. The summed E-state index contributed by atoms with van der Waals surface area (Å²) in [6, 6.07) is 12.7. The summed E-state index contributed by atoms with van der Waals surface area (Å²) in [6.45, 7) is 0. The van der Waals surface area contributed by atoms with E-state index in [1.54, 1.807) is 30.1 Å². The fourth-order valence-electron chi connectivity index (χ4n) is 2.67. The normalized spacial score (nSPS) is 12.4. The van der Waals surface area contributed by atoms with Gasteiger partial charge in [0.25, 0.3) is 5.91 Å². The lowest BCUT2D eigenvalue weighted by atomic mass is 10.1. The van der Waals surface area contributed by atoms with Crippen molar-refractivity contribution in [2.75, 3.05) is 19.1 Å². The molecule has 0 aliphatic heterocycles. The number of rotatable bonds is 8. The van der Waals surface area contributed by atoms with Gasteiger partial charge in [0.1, 0.15) is 7.11 Å². The summed E-state index contributed by atoms with van der Waals surface area (Å²) >= 11 is 1.73. The van der Waals surface area contributed by atoms with Crippen LogP contribution in [0.1, 0.15) is 34.2 Å². The molecule has 3 aromatic rings. The van der Waals surface area contributed by atoms with Gasteiger partial charge in [-0.1, -0.05) is 23.4 Å². The topological polar surface area (TPSA) is 80.9 Å². The number of carbonyl (C=O) groups excluding carboxylic acids is 1. The van der Waals surface area contributed by atoms with Gasteiger partial charge < -0.3 is 10.2 Å². The van der Waals surface area contributed by atoms with Crippen LogP contribution in [-0.2, 0) is 4.84 Å². The van der Waals surface area contributed by atoms with Crippen molar-refractivity contribution in [3.05, 3.63) is 65.6 Å². The first-order valence-electron chi connectivity index (χ1n) is 8.49. The third kappa shape index (κ3) is 4.65. The second-order valence-electron chi connectivity index (χ2n) is 5.83. The molecule has 0 radical (unpaired) electrons. The Morgan fingerprint density at radius 2 is 2.11 bits per heavy atom. The van der Waals surface area contributed by atoms with Crippen molar-refractivity contribution in [2.45, 2.75) is 12.5 Å². The number of aromatic nitrogens is 3. The van der Waals surface area contributed by atoms with Crippen LogP contribution in [0, 0.1) is 0 Å². The molecule has 1 amide bonds. The van der Waals surface area contributed by atoms with Gasteiger partial charge in [-0.3, -0.25) is 9.20 Å². The van der Waals surface area contributed by atoms with Gasteiger partial charge in [-0.05, 0) is 48.3 Å². The van der Waals surface area contributed by atoms with Gasteiger partial charge in [0.05, 0.1) is 12.3 Å². The molecule has 1 N–H and O–H groups in total. The first-order valence-corrected chi connectivity index (χ1v) is 9.88. The molecule has 1 atom stereocenters. The lowest BCUT2D eigenvalue weighted by Crippen LogP contribution is -2.30. The van der Waals surface area contributed by atoms with E-state index in [0.717, 1.165) is 29.2 Å². The minimum absolute atomic E-state index is 0.149. The molecule has 7 nitrogen and oxygen atoms in total. The molecule has 0 aliphatic rings. The summed E-state index contributed by atoms with van der Waals surface area (Å²) in [7, 11) is 1.49. The van der Waals surface area contributed by atoms with Gasteiger partial charge in [0.2, 0.25) is 0 Å². The number of pyridine rings is 1. The zero-order valence-electron chi connectivity index (χ0n) is 15.2. The Balaban J connectivity index is 1.79. The van der Waals surface area contributed by atoms with Gasteiger partial charge in [-0.25, -0.2) is 0 Å². The molecule has 0 saturated carbocycles. The molecule has 8 heteroatoms. The van der Waals surface area contributed by atoms with Crippen LogP contribution in [0.3, 0.4) is 0 Å². The zero-order valence-corrected chi connectivity index (χ0v) is 16.0. The number of thioether (sulfide) groups is 1. The molecule has 140 valence electrons. The number of hydrogen-bond donors (Lipinski definition) is 1. The summed E-state index contributed by atoms with van der Waals surface area (Å²) in [5.41, 5.74) is 2.20. The van der Waals surface area contributed by atoms with Crippen LogP contribution in [0.5, 0.6) is 0 Å². The number of carbonyl (C=O) groups is 1. The van der Waals surface area contributed by atoms with Crippen LogP contribution in [0.25, 0.3) is 5.65 Å². The smallest absolute Gasteiger partial charge is 0.251 e. The average Bonchev–Trinajstić information content (AvgIpc) is 3.14. The predicted octanol–water partition coefficient (Wildman–Crippen LogP) is 2.93. The maximum absolute atomic E-state index is 12.7. The molecule has 2 aromatic heterocycles. The molecule has 1 aromatic carbocycles. The van der Waals surface area contributed by atoms with E-state index in [1.165, 1.54) is 7.11 Å². The molecule has 27 heavy (non-hydrogen) atoms. The Kier molecular flexibility index (Phi) is 6.43. The largest absolute Gasteiger partial charge is 0.399 e. The lowest BCUT2D eigenvalue weighted by Gasteiger charge is -2.17. The summed E-state index contributed by atoms with van der Waals surface area (Å²) in [5, 5.41) is 15.3. The van der Waals surface area contributed by atoms with Gasteiger partial charge in [-0.15, -0.1) is 10.2 Å². The van der Waals surface area contributed by atoms with E-state index >= 15 is 0 Å². The van der Waals surface area contributed by atoms with Crippen molar-refractivity contribution < 1.29 is 9.63 Å². The number of benzene rings is 1. The van der Waals surface area contributed by atoms with Crippen molar-refractivity contribution in [1.82, 2.24) is 19.9 Å².